The molecule has 0 aromatic heterocycles. The second kappa shape index (κ2) is 8.04. The van der Waals surface area contributed by atoms with Crippen LogP contribution in [0.3, 0.4) is 0 Å². The fraction of sp³-hybridized carbons (Fsp3) is 0.909. The van der Waals surface area contributed by atoms with E-state index in [1.54, 1.807) is 6.92 Å². The number of nitrogens with one attached hydrogen (secondary N) is 2. The highest BCUT2D eigenvalue weighted by atomic mass is 35.5. The quantitative estimate of drug-likeness (QED) is 0.634. The predicted molar refractivity (Wildman–Crippen MR) is 77.6 cm³/mol. The maximum Gasteiger partial charge on any atom is 0.224 e. The molecule has 4 N–H and O–H groups in total. The number of nitrogens with two attached hydrogens (primary N) is 1. The molecule has 19 heavy (non-hydrogen) atoms. The van der Waals surface area contributed by atoms with Crippen LogP contribution in [0, 0.1) is 11.8 Å². The van der Waals surface area contributed by atoms with Gasteiger partial charge in [0.15, 0.2) is 0 Å². The van der Waals surface area contributed by atoms with Crippen molar-refractivity contribution in [2.24, 2.45) is 17.6 Å². The first-order valence-corrected chi connectivity index (χ1v) is 8.17. The minimum absolute atomic E-state index is 0. The summed E-state index contributed by atoms with van der Waals surface area (Å²) < 4.78 is 25.1. The molecule has 8 heteroatoms. The van der Waals surface area contributed by atoms with Gasteiger partial charge in [-0.2, -0.15) is 0 Å². The molecule has 0 spiro atoms. The molecule has 1 aliphatic carbocycles. The summed E-state index contributed by atoms with van der Waals surface area (Å²) in [6.07, 6.45) is 3.92. The second-order valence-electron chi connectivity index (χ2n) is 5.07. The summed E-state index contributed by atoms with van der Waals surface area (Å²) in [7, 11) is -3.18. The third-order valence-electron chi connectivity index (χ3n) is 3.36. The molecule has 114 valence electrons. The van der Waals surface area contributed by atoms with Crippen LogP contribution in [0.25, 0.3) is 0 Å². The Bertz CT molecular complexity index is 389. The van der Waals surface area contributed by atoms with E-state index in [0.29, 0.717) is 13.1 Å². The number of amides is 1. The molecule has 0 heterocycles. The Morgan fingerprint density at radius 1 is 1.42 bits per heavy atom. The molecule has 0 aliphatic heterocycles. The van der Waals surface area contributed by atoms with Crippen molar-refractivity contribution in [1.29, 1.82) is 0 Å². The lowest BCUT2D eigenvalue weighted by Crippen LogP contribution is -2.43. The van der Waals surface area contributed by atoms with Crippen LogP contribution in [0.15, 0.2) is 0 Å². The van der Waals surface area contributed by atoms with Gasteiger partial charge in [0.25, 0.3) is 0 Å². The van der Waals surface area contributed by atoms with E-state index in [2.05, 4.69) is 10.0 Å². The Morgan fingerprint density at radius 2 is 2.05 bits per heavy atom. The van der Waals surface area contributed by atoms with E-state index >= 15 is 0 Å². The first-order chi connectivity index (χ1) is 8.33. The highest BCUT2D eigenvalue weighted by Gasteiger charge is 2.29. The van der Waals surface area contributed by atoms with Gasteiger partial charge in [-0.1, -0.05) is 13.3 Å². The molecule has 6 nitrogen and oxygen atoms in total. The Morgan fingerprint density at radius 3 is 2.58 bits per heavy atom. The van der Waals surface area contributed by atoms with Crippen LogP contribution < -0.4 is 15.8 Å². The minimum atomic E-state index is -3.18. The van der Waals surface area contributed by atoms with Crippen LogP contribution >= 0.6 is 12.4 Å². The van der Waals surface area contributed by atoms with Gasteiger partial charge < -0.3 is 11.1 Å². The van der Waals surface area contributed by atoms with Gasteiger partial charge in [0.1, 0.15) is 0 Å². The van der Waals surface area contributed by atoms with Gasteiger partial charge in [0, 0.05) is 25.0 Å². The number of rotatable bonds is 6. The summed E-state index contributed by atoms with van der Waals surface area (Å²) >= 11 is 0. The van der Waals surface area contributed by atoms with E-state index in [0.717, 1.165) is 25.5 Å². The van der Waals surface area contributed by atoms with Gasteiger partial charge >= 0.3 is 0 Å². The number of hydrogen-bond acceptors (Lipinski definition) is 4. The van der Waals surface area contributed by atoms with Crippen LogP contribution in [0.1, 0.15) is 26.2 Å². The Labute approximate surface area is 121 Å². The summed E-state index contributed by atoms with van der Waals surface area (Å²) in [5.41, 5.74) is 5.41. The summed E-state index contributed by atoms with van der Waals surface area (Å²) in [5, 5.41) is 2.84. The number of carbonyl (C=O) groups is 1. The molecule has 0 radical (unpaired) electrons. The Kier molecular flexibility index (Phi) is 7.88. The summed E-state index contributed by atoms with van der Waals surface area (Å²) in [5.74, 6) is -0.0936. The van der Waals surface area contributed by atoms with E-state index in [9.17, 15) is 13.2 Å². The van der Waals surface area contributed by atoms with Crippen LogP contribution in [-0.2, 0) is 14.8 Å². The fourth-order valence-corrected chi connectivity index (χ4v) is 3.08. The average molecular weight is 314 g/mol. The van der Waals surface area contributed by atoms with Crippen molar-refractivity contribution in [1.82, 2.24) is 10.0 Å². The minimum Gasteiger partial charge on any atom is -0.355 e. The van der Waals surface area contributed by atoms with Gasteiger partial charge in [-0.15, -0.1) is 12.4 Å². The van der Waals surface area contributed by atoms with E-state index in [-0.39, 0.29) is 36.2 Å². The molecule has 0 aromatic rings. The van der Waals surface area contributed by atoms with Gasteiger partial charge in [-0.3, -0.25) is 4.79 Å². The first-order valence-electron chi connectivity index (χ1n) is 6.28. The summed E-state index contributed by atoms with van der Waals surface area (Å²) in [6.45, 7) is 2.61. The van der Waals surface area contributed by atoms with Crippen molar-refractivity contribution < 1.29 is 13.2 Å². The third-order valence-corrected chi connectivity index (χ3v) is 4.10. The molecule has 1 rings (SSSR count). The standard InChI is InChI=1S/C11H23N3O3S.ClH/c1-8(6-12)11(15)13-7-9-4-3-5-10(9)14-18(2,16)17;/h8-10,14H,3-7,12H2,1-2H3,(H,13,15);1H. The van der Waals surface area contributed by atoms with E-state index < -0.39 is 10.0 Å². The second-order valence-corrected chi connectivity index (χ2v) is 6.85. The normalized spacial score (nSPS) is 24.6. The largest absolute Gasteiger partial charge is 0.355 e. The number of carbonyl (C=O) groups excluding carboxylic acids is 1. The summed E-state index contributed by atoms with van der Waals surface area (Å²) in [4.78, 5) is 11.6. The zero-order chi connectivity index (χ0) is 13.8. The SMILES string of the molecule is CC(CN)C(=O)NCC1CCCC1NS(C)(=O)=O.Cl. The maximum atomic E-state index is 11.6. The van der Waals surface area contributed by atoms with Crippen molar-refractivity contribution in [2.45, 2.75) is 32.2 Å². The smallest absolute Gasteiger partial charge is 0.224 e. The Hall–Kier alpha value is -0.370. The molecule has 1 saturated carbocycles. The van der Waals surface area contributed by atoms with Crippen LogP contribution in [0.4, 0.5) is 0 Å². The van der Waals surface area contributed by atoms with Crippen molar-refractivity contribution in [2.75, 3.05) is 19.3 Å². The molecule has 1 aliphatic rings. The Balaban J connectivity index is 0.00000324. The van der Waals surface area contributed by atoms with E-state index in [1.165, 1.54) is 0 Å². The highest BCUT2D eigenvalue weighted by Crippen LogP contribution is 2.25. The van der Waals surface area contributed by atoms with Gasteiger partial charge in [-0.05, 0) is 18.8 Å². The highest BCUT2D eigenvalue weighted by molar-refractivity contribution is 7.88. The first kappa shape index (κ1) is 18.6. The zero-order valence-electron chi connectivity index (χ0n) is 11.4. The molecule has 0 saturated heterocycles. The molecule has 0 bridgehead atoms. The van der Waals surface area contributed by atoms with Crippen molar-refractivity contribution in [3.05, 3.63) is 0 Å². The van der Waals surface area contributed by atoms with E-state index in [4.69, 9.17) is 5.73 Å². The molecule has 1 fully saturated rings. The molecule has 1 amide bonds. The number of halogens is 1. The fourth-order valence-electron chi connectivity index (χ4n) is 2.22. The zero-order valence-corrected chi connectivity index (χ0v) is 13.0. The van der Waals surface area contributed by atoms with Crippen molar-refractivity contribution in [3.8, 4) is 0 Å². The van der Waals surface area contributed by atoms with Crippen molar-refractivity contribution in [3.63, 3.8) is 0 Å². The monoisotopic (exact) mass is 313 g/mol. The third kappa shape index (κ3) is 6.56. The van der Waals surface area contributed by atoms with Crippen LogP contribution in [0.2, 0.25) is 0 Å². The van der Waals surface area contributed by atoms with Crippen molar-refractivity contribution >= 4 is 28.3 Å². The molecular formula is C11H24ClN3O3S. The van der Waals surface area contributed by atoms with Gasteiger partial charge in [0.05, 0.1) is 6.26 Å². The molecular weight excluding hydrogens is 290 g/mol. The van der Waals surface area contributed by atoms with Gasteiger partial charge in [0.2, 0.25) is 15.9 Å². The lowest BCUT2D eigenvalue weighted by molar-refractivity contribution is -0.124. The summed E-state index contributed by atoms with van der Waals surface area (Å²) in [6, 6.07) is -0.0616. The lowest BCUT2D eigenvalue weighted by atomic mass is 10.0. The van der Waals surface area contributed by atoms with Crippen LogP contribution in [0.5, 0.6) is 0 Å². The predicted octanol–water partition coefficient (Wildman–Crippen LogP) is -0.163. The van der Waals surface area contributed by atoms with Crippen LogP contribution in [-0.4, -0.2) is 39.7 Å². The lowest BCUT2D eigenvalue weighted by Gasteiger charge is -2.21. The number of sulfonamides is 1. The molecule has 3 atom stereocenters. The topological polar surface area (TPSA) is 101 Å². The average Bonchev–Trinajstić information content (AvgIpc) is 2.69. The number of hydrogen-bond donors (Lipinski definition) is 3. The molecule has 0 aromatic carbocycles. The maximum absolute atomic E-state index is 11.6. The van der Waals surface area contributed by atoms with E-state index in [1.807, 2.05) is 0 Å². The van der Waals surface area contributed by atoms with Gasteiger partial charge in [-0.25, -0.2) is 13.1 Å². The molecule has 3 unspecified atom stereocenters.